The minimum atomic E-state index is -0.723. The largest absolute Gasteiger partial charge is 0.488 e. The van der Waals surface area contributed by atoms with Crippen molar-refractivity contribution in [1.82, 2.24) is 5.32 Å². The number of carbonyl (C=O) groups excluding carboxylic acids is 1. The lowest BCUT2D eigenvalue weighted by Gasteiger charge is -2.18. The molecule has 6 nitrogen and oxygen atoms in total. The van der Waals surface area contributed by atoms with Gasteiger partial charge in [-0.2, -0.15) is 5.26 Å². The fourth-order valence-electron chi connectivity index (χ4n) is 3.09. The lowest BCUT2D eigenvalue weighted by atomic mass is 10.0. The summed E-state index contributed by atoms with van der Waals surface area (Å²) < 4.78 is 17.4. The van der Waals surface area contributed by atoms with Crippen LogP contribution < -0.4 is 19.5 Å². The van der Waals surface area contributed by atoms with Crippen molar-refractivity contribution < 1.29 is 19.0 Å². The summed E-state index contributed by atoms with van der Waals surface area (Å²) in [6.45, 7) is 6.38. The van der Waals surface area contributed by atoms with Gasteiger partial charge in [-0.15, -0.1) is 0 Å². The molecule has 28 heavy (non-hydrogen) atoms. The van der Waals surface area contributed by atoms with E-state index in [4.69, 9.17) is 19.5 Å². The number of para-hydroxylation sites is 2. The third-order valence-corrected chi connectivity index (χ3v) is 4.39. The summed E-state index contributed by atoms with van der Waals surface area (Å²) >= 11 is 0. The van der Waals surface area contributed by atoms with Crippen LogP contribution in [0.1, 0.15) is 31.9 Å². The predicted molar refractivity (Wildman–Crippen MR) is 105 cm³/mol. The average molecular weight is 380 g/mol. The Morgan fingerprint density at radius 1 is 1.25 bits per heavy atom. The van der Waals surface area contributed by atoms with Crippen LogP contribution in [0, 0.1) is 11.3 Å². The van der Waals surface area contributed by atoms with Crippen LogP contribution in [0.15, 0.2) is 42.5 Å². The van der Waals surface area contributed by atoms with Gasteiger partial charge in [0.15, 0.2) is 17.6 Å². The first-order valence-electron chi connectivity index (χ1n) is 9.27. The number of carbonyl (C=O) groups is 1. The number of nitrogens with one attached hydrogen (secondary N) is 1. The van der Waals surface area contributed by atoms with Gasteiger partial charge in [0.1, 0.15) is 24.0 Å². The van der Waals surface area contributed by atoms with Crippen molar-refractivity contribution in [3.05, 3.63) is 53.6 Å². The summed E-state index contributed by atoms with van der Waals surface area (Å²) in [5.41, 5.74) is 1.29. The van der Waals surface area contributed by atoms with E-state index in [2.05, 4.69) is 5.32 Å². The standard InChI is InChI=1S/C22H24N2O4/c1-15(27-18-9-5-4-7-17(18)14-23)21(25)24-11-12-26-19-10-6-8-16-13-22(2,3)28-20(16)19/h4-10,15H,11-13H2,1-3H3,(H,24,25). The second kappa shape index (κ2) is 8.22. The predicted octanol–water partition coefficient (Wildman–Crippen LogP) is 3.23. The summed E-state index contributed by atoms with van der Waals surface area (Å²) in [7, 11) is 0. The van der Waals surface area contributed by atoms with E-state index in [1.165, 1.54) is 0 Å². The zero-order valence-electron chi connectivity index (χ0n) is 16.3. The Balaban J connectivity index is 1.48. The summed E-state index contributed by atoms with van der Waals surface area (Å²) in [5.74, 6) is 1.59. The fraction of sp³-hybridized carbons (Fsp3) is 0.364. The SMILES string of the molecule is CC(Oc1ccccc1C#N)C(=O)NCCOc1cccc2c1OC(C)(C)C2. The molecule has 0 aromatic heterocycles. The Labute approximate surface area is 165 Å². The van der Waals surface area contributed by atoms with E-state index >= 15 is 0 Å². The zero-order valence-corrected chi connectivity index (χ0v) is 16.3. The highest BCUT2D eigenvalue weighted by Gasteiger charge is 2.32. The van der Waals surface area contributed by atoms with Crippen molar-refractivity contribution in [1.29, 1.82) is 5.26 Å². The number of ether oxygens (including phenoxy) is 3. The molecule has 146 valence electrons. The molecular formula is C22H24N2O4. The molecule has 0 aliphatic carbocycles. The van der Waals surface area contributed by atoms with Crippen molar-refractivity contribution >= 4 is 5.91 Å². The lowest BCUT2D eigenvalue weighted by molar-refractivity contribution is -0.127. The Morgan fingerprint density at radius 2 is 2.00 bits per heavy atom. The third-order valence-electron chi connectivity index (χ3n) is 4.39. The lowest BCUT2D eigenvalue weighted by Crippen LogP contribution is -2.38. The van der Waals surface area contributed by atoms with Gasteiger partial charge in [-0.25, -0.2) is 0 Å². The fourth-order valence-corrected chi connectivity index (χ4v) is 3.09. The van der Waals surface area contributed by atoms with Crippen LogP contribution in [0.25, 0.3) is 0 Å². The van der Waals surface area contributed by atoms with Gasteiger partial charge in [-0.3, -0.25) is 4.79 Å². The molecule has 0 fully saturated rings. The van der Waals surface area contributed by atoms with Crippen molar-refractivity contribution in [3.8, 4) is 23.3 Å². The van der Waals surface area contributed by atoms with E-state index < -0.39 is 6.10 Å². The molecule has 2 aromatic carbocycles. The van der Waals surface area contributed by atoms with Gasteiger partial charge in [0.05, 0.1) is 12.1 Å². The molecule has 1 amide bonds. The maximum Gasteiger partial charge on any atom is 0.260 e. The molecule has 0 spiro atoms. The van der Waals surface area contributed by atoms with Gasteiger partial charge >= 0.3 is 0 Å². The smallest absolute Gasteiger partial charge is 0.260 e. The summed E-state index contributed by atoms with van der Waals surface area (Å²) in [4.78, 5) is 12.2. The van der Waals surface area contributed by atoms with Crippen LogP contribution >= 0.6 is 0 Å². The van der Waals surface area contributed by atoms with E-state index in [1.54, 1.807) is 31.2 Å². The van der Waals surface area contributed by atoms with Gasteiger partial charge in [0.25, 0.3) is 5.91 Å². The monoisotopic (exact) mass is 380 g/mol. The number of benzene rings is 2. The molecule has 0 bridgehead atoms. The third kappa shape index (κ3) is 4.55. The number of hydrogen-bond donors (Lipinski definition) is 1. The van der Waals surface area contributed by atoms with Crippen LogP contribution in [0.4, 0.5) is 0 Å². The van der Waals surface area contributed by atoms with Crippen LogP contribution in [-0.4, -0.2) is 30.8 Å². The normalized spacial score (nSPS) is 14.9. The Morgan fingerprint density at radius 3 is 2.79 bits per heavy atom. The maximum absolute atomic E-state index is 12.2. The highest BCUT2D eigenvalue weighted by molar-refractivity contribution is 5.80. The minimum absolute atomic E-state index is 0.234. The van der Waals surface area contributed by atoms with Crippen molar-refractivity contribution in [2.45, 2.75) is 38.9 Å². The van der Waals surface area contributed by atoms with Crippen LogP contribution in [0.3, 0.4) is 0 Å². The van der Waals surface area contributed by atoms with Crippen molar-refractivity contribution in [2.24, 2.45) is 0 Å². The van der Waals surface area contributed by atoms with E-state index in [9.17, 15) is 4.79 Å². The molecule has 1 atom stereocenters. The molecule has 3 rings (SSSR count). The second-order valence-electron chi connectivity index (χ2n) is 7.29. The number of hydrogen-bond acceptors (Lipinski definition) is 5. The van der Waals surface area contributed by atoms with Crippen LogP contribution in [-0.2, 0) is 11.2 Å². The molecule has 1 aliphatic heterocycles. The molecular weight excluding hydrogens is 356 g/mol. The Kier molecular flexibility index (Phi) is 5.74. The summed E-state index contributed by atoms with van der Waals surface area (Å²) in [5, 5.41) is 11.9. The van der Waals surface area contributed by atoms with Gasteiger partial charge in [0.2, 0.25) is 0 Å². The van der Waals surface area contributed by atoms with Gasteiger partial charge in [0, 0.05) is 12.0 Å². The Bertz CT molecular complexity index is 902. The molecule has 6 heteroatoms. The van der Waals surface area contributed by atoms with E-state index in [-0.39, 0.29) is 11.5 Å². The first kappa shape index (κ1) is 19.6. The minimum Gasteiger partial charge on any atom is -0.488 e. The van der Waals surface area contributed by atoms with Gasteiger partial charge < -0.3 is 19.5 Å². The highest BCUT2D eigenvalue weighted by atomic mass is 16.5. The van der Waals surface area contributed by atoms with Crippen LogP contribution in [0.5, 0.6) is 17.2 Å². The van der Waals surface area contributed by atoms with Crippen LogP contribution in [0.2, 0.25) is 0 Å². The molecule has 1 unspecified atom stereocenters. The quantitative estimate of drug-likeness (QED) is 0.746. The average Bonchev–Trinajstić information content (AvgIpc) is 3.00. The van der Waals surface area contributed by atoms with Crippen molar-refractivity contribution in [2.75, 3.05) is 13.2 Å². The number of rotatable bonds is 7. The zero-order chi connectivity index (χ0) is 20.1. The molecule has 0 saturated heterocycles. The molecule has 2 aromatic rings. The number of fused-ring (bicyclic) bond motifs is 1. The summed E-state index contributed by atoms with van der Waals surface area (Å²) in [6.07, 6.45) is 0.120. The number of amides is 1. The molecule has 0 radical (unpaired) electrons. The number of nitrogens with zero attached hydrogens (tertiary/aromatic N) is 1. The van der Waals surface area contributed by atoms with Gasteiger partial charge in [-0.1, -0.05) is 24.3 Å². The molecule has 1 N–H and O–H groups in total. The summed E-state index contributed by atoms with van der Waals surface area (Å²) in [6, 6.07) is 14.7. The topological polar surface area (TPSA) is 80.6 Å². The van der Waals surface area contributed by atoms with Gasteiger partial charge in [-0.05, 0) is 39.0 Å². The maximum atomic E-state index is 12.2. The highest BCUT2D eigenvalue weighted by Crippen LogP contribution is 2.41. The molecule has 0 saturated carbocycles. The first-order chi connectivity index (χ1) is 13.4. The number of nitriles is 1. The molecule has 1 heterocycles. The first-order valence-corrected chi connectivity index (χ1v) is 9.27. The van der Waals surface area contributed by atoms with Crippen molar-refractivity contribution in [3.63, 3.8) is 0 Å². The van der Waals surface area contributed by atoms with E-state index in [0.29, 0.717) is 30.2 Å². The Hall–Kier alpha value is -3.20. The van der Waals surface area contributed by atoms with E-state index in [1.807, 2.05) is 38.1 Å². The second-order valence-corrected chi connectivity index (χ2v) is 7.29. The van der Waals surface area contributed by atoms with E-state index in [0.717, 1.165) is 17.7 Å². The molecule has 1 aliphatic rings.